The summed E-state index contributed by atoms with van der Waals surface area (Å²) in [6.07, 6.45) is 14.3. The van der Waals surface area contributed by atoms with Crippen molar-refractivity contribution in [2.24, 2.45) is 13.0 Å². The molecule has 1 fully saturated rings. The van der Waals surface area contributed by atoms with Gasteiger partial charge in [0, 0.05) is 80.9 Å². The zero-order valence-electron chi connectivity index (χ0n) is 20.7. The van der Waals surface area contributed by atoms with Crippen molar-refractivity contribution in [1.29, 1.82) is 0 Å². The van der Waals surface area contributed by atoms with Gasteiger partial charge in [0.1, 0.15) is 6.54 Å². The molecule has 0 saturated carbocycles. The Kier molecular flexibility index (Phi) is 7.18. The summed E-state index contributed by atoms with van der Waals surface area (Å²) in [5.74, 6) is 1.27. The molecule has 1 saturated heterocycles. The molecule has 9 heteroatoms. The molecule has 3 aromatic heterocycles. The van der Waals surface area contributed by atoms with Crippen LogP contribution >= 0.6 is 0 Å². The second-order valence-electron chi connectivity index (χ2n) is 9.33. The number of benzene rings is 1. The van der Waals surface area contributed by atoms with Crippen molar-refractivity contribution < 1.29 is 9.53 Å². The van der Waals surface area contributed by atoms with Crippen LogP contribution in [0, 0.1) is 5.92 Å². The van der Waals surface area contributed by atoms with Crippen LogP contribution in [0.4, 0.5) is 0 Å². The summed E-state index contributed by atoms with van der Waals surface area (Å²) in [5.41, 5.74) is 4.80. The fourth-order valence-electron chi connectivity index (χ4n) is 4.68. The Morgan fingerprint density at radius 2 is 1.78 bits per heavy atom. The van der Waals surface area contributed by atoms with Gasteiger partial charge < -0.3 is 9.64 Å². The number of hydrogen-bond acceptors (Lipinski definition) is 6. The van der Waals surface area contributed by atoms with Gasteiger partial charge in [0.15, 0.2) is 5.82 Å². The lowest BCUT2D eigenvalue weighted by Crippen LogP contribution is -2.41. The molecule has 9 nitrogen and oxygen atoms in total. The van der Waals surface area contributed by atoms with Gasteiger partial charge in [-0.3, -0.25) is 14.2 Å². The third-order valence-electron chi connectivity index (χ3n) is 6.68. The van der Waals surface area contributed by atoms with E-state index < -0.39 is 0 Å². The molecule has 4 aromatic rings. The molecule has 1 atom stereocenters. The fraction of sp³-hybridized carbons (Fsp3) is 0.370. The molecule has 4 heterocycles. The quantitative estimate of drug-likeness (QED) is 0.378. The van der Waals surface area contributed by atoms with E-state index in [1.807, 2.05) is 48.7 Å². The van der Waals surface area contributed by atoms with Crippen LogP contribution in [0.1, 0.15) is 19.3 Å². The molecule has 0 N–H and O–H groups in total. The zero-order chi connectivity index (χ0) is 24.9. The average molecular weight is 486 g/mol. The molecule has 1 aliphatic heterocycles. The number of nitrogens with zero attached hydrogens (tertiary/aromatic N) is 7. The molecule has 5 rings (SSSR count). The van der Waals surface area contributed by atoms with Crippen LogP contribution in [-0.4, -0.2) is 67.1 Å². The topological polar surface area (TPSA) is 91.0 Å². The van der Waals surface area contributed by atoms with E-state index in [4.69, 9.17) is 4.74 Å². The van der Waals surface area contributed by atoms with Crippen LogP contribution in [0.2, 0.25) is 0 Å². The van der Waals surface area contributed by atoms with E-state index in [-0.39, 0.29) is 12.5 Å². The first-order valence-corrected chi connectivity index (χ1v) is 12.3. The fourth-order valence-corrected chi connectivity index (χ4v) is 4.68. The number of piperidine rings is 1. The zero-order valence-corrected chi connectivity index (χ0v) is 20.7. The van der Waals surface area contributed by atoms with Crippen molar-refractivity contribution in [3.8, 4) is 33.6 Å². The van der Waals surface area contributed by atoms with Crippen molar-refractivity contribution in [2.75, 3.05) is 26.8 Å². The lowest BCUT2D eigenvalue weighted by atomic mass is 9.95. The minimum atomic E-state index is 0.104. The summed E-state index contributed by atoms with van der Waals surface area (Å²) in [6, 6.07) is 8.11. The van der Waals surface area contributed by atoms with Crippen LogP contribution in [0.25, 0.3) is 33.6 Å². The number of rotatable bonds is 8. The first kappa shape index (κ1) is 23.9. The second kappa shape index (κ2) is 10.8. The maximum Gasteiger partial charge on any atom is 0.244 e. The van der Waals surface area contributed by atoms with Crippen LogP contribution in [0.15, 0.2) is 61.4 Å². The molecule has 186 valence electrons. The van der Waals surface area contributed by atoms with E-state index in [1.165, 1.54) is 0 Å². The minimum absolute atomic E-state index is 0.104. The van der Waals surface area contributed by atoms with Crippen molar-refractivity contribution in [3.05, 3.63) is 61.4 Å². The van der Waals surface area contributed by atoms with Gasteiger partial charge in [0.25, 0.3) is 0 Å². The van der Waals surface area contributed by atoms with Crippen molar-refractivity contribution in [3.63, 3.8) is 0 Å². The number of carbonyl (C=O) groups is 1. The van der Waals surface area contributed by atoms with Crippen LogP contribution in [-0.2, 0) is 23.1 Å². The predicted molar refractivity (Wildman–Crippen MR) is 137 cm³/mol. The highest BCUT2D eigenvalue weighted by Crippen LogP contribution is 2.25. The summed E-state index contributed by atoms with van der Waals surface area (Å²) >= 11 is 0. The molecule has 1 unspecified atom stereocenters. The third-order valence-corrected chi connectivity index (χ3v) is 6.68. The van der Waals surface area contributed by atoms with Gasteiger partial charge in [-0.1, -0.05) is 18.2 Å². The van der Waals surface area contributed by atoms with E-state index >= 15 is 0 Å². The SMILES string of the molecule is COCCC1CCCN(C(=O)Cn2cc(-c3cnc(-c4cccc(-c5cnn(C)c5)c4)nc3)cn2)C1. The van der Waals surface area contributed by atoms with Gasteiger partial charge >= 0.3 is 0 Å². The Balaban J connectivity index is 1.23. The molecule has 1 aromatic carbocycles. The van der Waals surface area contributed by atoms with Gasteiger partial charge in [-0.05, 0) is 36.8 Å². The number of ether oxygens (including phenoxy) is 1. The number of methoxy groups -OCH3 is 1. The van der Waals surface area contributed by atoms with Gasteiger partial charge in [-0.2, -0.15) is 10.2 Å². The molecule has 0 aliphatic carbocycles. The first-order valence-electron chi connectivity index (χ1n) is 12.3. The molecule has 0 radical (unpaired) electrons. The van der Waals surface area contributed by atoms with E-state index in [1.54, 1.807) is 35.1 Å². The van der Waals surface area contributed by atoms with Crippen LogP contribution in [0.3, 0.4) is 0 Å². The number of likely N-dealkylation sites (tertiary alicyclic amines) is 1. The number of aromatic nitrogens is 6. The Morgan fingerprint density at radius 3 is 2.56 bits per heavy atom. The Hall–Kier alpha value is -3.85. The van der Waals surface area contributed by atoms with E-state index in [0.29, 0.717) is 11.7 Å². The standard InChI is InChI=1S/C27H31N7O2/c1-32-17-24(14-30-32)21-6-3-7-22(11-21)27-28-12-23(13-29-27)25-15-31-34(18-25)19-26(35)33-9-4-5-20(16-33)8-10-36-2/h3,6-7,11-15,17-18,20H,4-5,8-10,16,19H2,1-2H3. The number of amides is 1. The minimum Gasteiger partial charge on any atom is -0.385 e. The van der Waals surface area contributed by atoms with Gasteiger partial charge in [-0.15, -0.1) is 0 Å². The Morgan fingerprint density at radius 1 is 1.00 bits per heavy atom. The first-order chi connectivity index (χ1) is 17.6. The molecule has 1 amide bonds. The molecular formula is C27H31N7O2. The van der Waals surface area contributed by atoms with Crippen molar-refractivity contribution in [2.45, 2.75) is 25.8 Å². The second-order valence-corrected chi connectivity index (χ2v) is 9.33. The molecule has 1 aliphatic rings. The number of aryl methyl sites for hydroxylation is 1. The smallest absolute Gasteiger partial charge is 0.244 e. The summed E-state index contributed by atoms with van der Waals surface area (Å²) in [7, 11) is 3.63. The average Bonchev–Trinajstić information content (AvgIpc) is 3.57. The number of hydrogen-bond donors (Lipinski definition) is 0. The molecular weight excluding hydrogens is 454 g/mol. The monoisotopic (exact) mass is 485 g/mol. The lowest BCUT2D eigenvalue weighted by molar-refractivity contribution is -0.134. The third kappa shape index (κ3) is 5.52. The number of carbonyl (C=O) groups excluding carboxylic acids is 1. The normalized spacial score (nSPS) is 15.8. The van der Waals surface area contributed by atoms with Gasteiger partial charge in [0.2, 0.25) is 5.91 Å². The van der Waals surface area contributed by atoms with Crippen LogP contribution in [0.5, 0.6) is 0 Å². The maximum atomic E-state index is 12.9. The summed E-state index contributed by atoms with van der Waals surface area (Å²) in [5, 5.41) is 8.66. The van der Waals surface area contributed by atoms with Crippen molar-refractivity contribution in [1.82, 2.24) is 34.4 Å². The Bertz CT molecular complexity index is 1310. The Labute approximate surface area is 210 Å². The predicted octanol–water partition coefficient (Wildman–Crippen LogP) is 3.68. The van der Waals surface area contributed by atoms with E-state index in [2.05, 4.69) is 26.2 Å². The highest BCUT2D eigenvalue weighted by molar-refractivity contribution is 5.76. The molecule has 36 heavy (non-hydrogen) atoms. The van der Waals surface area contributed by atoms with Crippen molar-refractivity contribution >= 4 is 5.91 Å². The highest BCUT2D eigenvalue weighted by Gasteiger charge is 2.23. The summed E-state index contributed by atoms with van der Waals surface area (Å²) in [6.45, 7) is 2.59. The summed E-state index contributed by atoms with van der Waals surface area (Å²) in [4.78, 5) is 24.0. The largest absolute Gasteiger partial charge is 0.385 e. The lowest BCUT2D eigenvalue weighted by Gasteiger charge is -2.32. The van der Waals surface area contributed by atoms with Gasteiger partial charge in [-0.25, -0.2) is 9.97 Å². The van der Waals surface area contributed by atoms with Gasteiger partial charge in [0.05, 0.1) is 12.4 Å². The maximum absolute atomic E-state index is 12.9. The van der Waals surface area contributed by atoms with E-state index in [9.17, 15) is 4.79 Å². The molecule has 0 spiro atoms. The van der Waals surface area contributed by atoms with Crippen LogP contribution < -0.4 is 0 Å². The van der Waals surface area contributed by atoms with E-state index in [0.717, 1.165) is 66.8 Å². The summed E-state index contributed by atoms with van der Waals surface area (Å²) < 4.78 is 8.69. The highest BCUT2D eigenvalue weighted by atomic mass is 16.5. The molecule has 0 bridgehead atoms.